The van der Waals surface area contributed by atoms with Gasteiger partial charge in [-0.2, -0.15) is 10.2 Å². The first-order valence-electron chi connectivity index (χ1n) is 9.47. The van der Waals surface area contributed by atoms with E-state index in [0.717, 1.165) is 5.56 Å². The Morgan fingerprint density at radius 2 is 2.27 bits per heavy atom. The molecule has 5 rings (SSSR count). The number of hydrogen-bond acceptors (Lipinski definition) is 7. The SMILES string of the molecule is C[C@]1(O)C[C@H](n2cc(NC(=O)c3csc(-c4cn[nH]c4)n3)c(-c3ccccn3)n2)C1. The monoisotopic (exact) mass is 421 g/mol. The molecule has 1 saturated carbocycles. The lowest BCUT2D eigenvalue weighted by molar-refractivity contribution is -0.0542. The van der Waals surface area contributed by atoms with Gasteiger partial charge in [0.05, 0.1) is 29.2 Å². The number of rotatable bonds is 5. The summed E-state index contributed by atoms with van der Waals surface area (Å²) in [4.78, 5) is 21.6. The molecule has 10 heteroatoms. The fourth-order valence-electron chi connectivity index (χ4n) is 3.57. The van der Waals surface area contributed by atoms with Gasteiger partial charge in [-0.1, -0.05) is 6.07 Å². The zero-order valence-electron chi connectivity index (χ0n) is 16.1. The molecule has 1 aliphatic rings. The molecule has 3 N–H and O–H groups in total. The first-order valence-corrected chi connectivity index (χ1v) is 10.4. The van der Waals surface area contributed by atoms with Gasteiger partial charge >= 0.3 is 0 Å². The maximum absolute atomic E-state index is 12.9. The maximum atomic E-state index is 12.9. The van der Waals surface area contributed by atoms with E-state index in [2.05, 4.69) is 30.6 Å². The third kappa shape index (κ3) is 3.51. The minimum atomic E-state index is -0.671. The van der Waals surface area contributed by atoms with Crippen molar-refractivity contribution in [3.63, 3.8) is 0 Å². The molecule has 9 nitrogen and oxygen atoms in total. The third-order valence-electron chi connectivity index (χ3n) is 5.09. The molecule has 30 heavy (non-hydrogen) atoms. The summed E-state index contributed by atoms with van der Waals surface area (Å²) in [5.74, 6) is -0.321. The van der Waals surface area contributed by atoms with Crippen LogP contribution in [0.2, 0.25) is 0 Å². The Labute approximate surface area is 175 Å². The number of nitrogens with zero attached hydrogens (tertiary/aromatic N) is 5. The summed E-state index contributed by atoms with van der Waals surface area (Å²) in [6.45, 7) is 1.81. The lowest BCUT2D eigenvalue weighted by Crippen LogP contribution is -2.42. The van der Waals surface area contributed by atoms with Crippen LogP contribution in [0.4, 0.5) is 5.69 Å². The van der Waals surface area contributed by atoms with Crippen molar-refractivity contribution in [1.29, 1.82) is 0 Å². The molecule has 0 radical (unpaired) electrons. The van der Waals surface area contributed by atoms with Crippen LogP contribution < -0.4 is 5.32 Å². The largest absolute Gasteiger partial charge is 0.390 e. The number of carbonyl (C=O) groups excluding carboxylic acids is 1. The first-order chi connectivity index (χ1) is 14.5. The van der Waals surface area contributed by atoms with Crippen LogP contribution in [-0.2, 0) is 0 Å². The second kappa shape index (κ2) is 7.15. The molecular formula is C20H19N7O2S. The van der Waals surface area contributed by atoms with Crippen molar-refractivity contribution in [1.82, 2.24) is 29.9 Å². The van der Waals surface area contributed by atoms with Gasteiger partial charge < -0.3 is 10.4 Å². The Morgan fingerprint density at radius 1 is 1.40 bits per heavy atom. The lowest BCUT2D eigenvalue weighted by Gasteiger charge is -2.40. The van der Waals surface area contributed by atoms with Crippen molar-refractivity contribution in [2.45, 2.75) is 31.4 Å². The van der Waals surface area contributed by atoms with E-state index in [4.69, 9.17) is 0 Å². The standard InChI is InChI=1S/C20H19N7O2S/c1-20(29)6-13(7-20)27-10-15(17(26-27)14-4-2-3-5-21-14)24-18(28)16-11-30-19(25-16)12-8-22-23-9-12/h2-5,8-11,13,29H,6-7H2,1H3,(H,22,23)(H,24,28)/t13-,20-. The number of aromatic nitrogens is 6. The number of anilines is 1. The molecule has 0 unspecified atom stereocenters. The van der Waals surface area contributed by atoms with Gasteiger partial charge in [-0.05, 0) is 31.9 Å². The highest BCUT2D eigenvalue weighted by atomic mass is 32.1. The molecule has 1 aliphatic carbocycles. The second-order valence-electron chi connectivity index (χ2n) is 7.62. The molecule has 0 aromatic carbocycles. The van der Waals surface area contributed by atoms with Crippen molar-refractivity contribution in [3.05, 3.63) is 54.1 Å². The molecule has 0 atom stereocenters. The van der Waals surface area contributed by atoms with Crippen LogP contribution in [0.5, 0.6) is 0 Å². The Balaban J connectivity index is 1.43. The van der Waals surface area contributed by atoms with Crippen LogP contribution in [0.3, 0.4) is 0 Å². The molecule has 152 valence electrons. The van der Waals surface area contributed by atoms with Crippen molar-refractivity contribution >= 4 is 22.9 Å². The fourth-order valence-corrected chi connectivity index (χ4v) is 4.35. The Kier molecular flexibility index (Phi) is 4.44. The summed E-state index contributed by atoms with van der Waals surface area (Å²) >= 11 is 1.38. The number of nitrogens with one attached hydrogen (secondary N) is 2. The van der Waals surface area contributed by atoms with E-state index in [0.29, 0.717) is 40.6 Å². The zero-order chi connectivity index (χ0) is 20.7. The van der Waals surface area contributed by atoms with Gasteiger partial charge in [0.15, 0.2) is 0 Å². The highest BCUT2D eigenvalue weighted by molar-refractivity contribution is 7.13. The van der Waals surface area contributed by atoms with Gasteiger partial charge in [0, 0.05) is 29.5 Å². The number of amides is 1. The van der Waals surface area contributed by atoms with Gasteiger partial charge in [0.1, 0.15) is 16.4 Å². The van der Waals surface area contributed by atoms with Crippen LogP contribution in [0.15, 0.2) is 48.4 Å². The summed E-state index contributed by atoms with van der Waals surface area (Å²) in [7, 11) is 0. The number of aliphatic hydroxyl groups is 1. The predicted molar refractivity (Wildman–Crippen MR) is 112 cm³/mol. The molecule has 1 fully saturated rings. The third-order valence-corrected chi connectivity index (χ3v) is 5.99. The van der Waals surface area contributed by atoms with E-state index in [9.17, 15) is 9.90 Å². The summed E-state index contributed by atoms with van der Waals surface area (Å²) in [5, 5.41) is 26.7. The smallest absolute Gasteiger partial charge is 0.275 e. The van der Waals surface area contributed by atoms with Gasteiger partial charge in [-0.25, -0.2) is 4.98 Å². The minimum Gasteiger partial charge on any atom is -0.390 e. The number of pyridine rings is 1. The molecule has 1 amide bonds. The predicted octanol–water partition coefficient (Wildman–Crippen LogP) is 3.13. The summed E-state index contributed by atoms with van der Waals surface area (Å²) < 4.78 is 1.80. The van der Waals surface area contributed by atoms with Crippen LogP contribution >= 0.6 is 11.3 Å². The van der Waals surface area contributed by atoms with E-state index >= 15 is 0 Å². The van der Waals surface area contributed by atoms with E-state index < -0.39 is 5.60 Å². The molecule has 4 heterocycles. The van der Waals surface area contributed by atoms with Crippen LogP contribution in [0, 0.1) is 0 Å². The van der Waals surface area contributed by atoms with Gasteiger partial charge in [-0.15, -0.1) is 11.3 Å². The topological polar surface area (TPSA) is 122 Å². The molecule has 4 aromatic rings. The van der Waals surface area contributed by atoms with E-state index in [1.807, 2.05) is 25.1 Å². The molecule has 0 spiro atoms. The maximum Gasteiger partial charge on any atom is 0.275 e. The highest BCUT2D eigenvalue weighted by Gasteiger charge is 2.40. The molecular weight excluding hydrogens is 402 g/mol. The van der Waals surface area contributed by atoms with Crippen molar-refractivity contribution in [2.75, 3.05) is 5.32 Å². The summed E-state index contributed by atoms with van der Waals surface area (Å²) in [6.07, 6.45) is 8.11. The Bertz CT molecular complexity index is 1170. The van der Waals surface area contributed by atoms with Crippen LogP contribution in [0.25, 0.3) is 22.0 Å². The number of hydrogen-bond donors (Lipinski definition) is 3. The quantitative estimate of drug-likeness (QED) is 0.455. The zero-order valence-corrected chi connectivity index (χ0v) is 16.9. The van der Waals surface area contributed by atoms with E-state index in [1.54, 1.807) is 34.8 Å². The average molecular weight is 421 g/mol. The second-order valence-corrected chi connectivity index (χ2v) is 8.48. The minimum absolute atomic E-state index is 0.0834. The number of carbonyl (C=O) groups is 1. The Hall–Kier alpha value is -3.37. The normalized spacial score (nSPS) is 20.7. The Morgan fingerprint density at radius 3 is 2.97 bits per heavy atom. The van der Waals surface area contributed by atoms with Gasteiger partial charge in [0.25, 0.3) is 5.91 Å². The average Bonchev–Trinajstić information content (AvgIpc) is 3.46. The molecule has 0 bridgehead atoms. The lowest BCUT2D eigenvalue weighted by atomic mass is 9.77. The summed E-state index contributed by atoms with van der Waals surface area (Å²) in [6, 6.07) is 5.63. The van der Waals surface area contributed by atoms with Crippen molar-refractivity contribution < 1.29 is 9.90 Å². The highest BCUT2D eigenvalue weighted by Crippen LogP contribution is 2.42. The van der Waals surface area contributed by atoms with Gasteiger partial charge in [-0.3, -0.25) is 19.6 Å². The van der Waals surface area contributed by atoms with Crippen LogP contribution in [0.1, 0.15) is 36.3 Å². The fraction of sp³-hybridized carbons (Fsp3) is 0.250. The molecule has 0 aliphatic heterocycles. The first kappa shape index (κ1) is 18.6. The van der Waals surface area contributed by atoms with Crippen LogP contribution in [-0.4, -0.2) is 46.6 Å². The van der Waals surface area contributed by atoms with E-state index in [-0.39, 0.29) is 11.9 Å². The van der Waals surface area contributed by atoms with Crippen molar-refractivity contribution in [2.24, 2.45) is 0 Å². The van der Waals surface area contributed by atoms with Gasteiger partial charge in [0.2, 0.25) is 0 Å². The van der Waals surface area contributed by atoms with E-state index in [1.165, 1.54) is 11.3 Å². The van der Waals surface area contributed by atoms with Crippen molar-refractivity contribution in [3.8, 4) is 22.0 Å². The number of H-pyrrole nitrogens is 1. The number of aromatic amines is 1. The molecule has 0 saturated heterocycles. The summed E-state index contributed by atoms with van der Waals surface area (Å²) in [5.41, 5.74) is 2.29. The number of thiazole rings is 1. The molecule has 4 aromatic heterocycles.